The van der Waals surface area contributed by atoms with Crippen molar-refractivity contribution in [1.82, 2.24) is 19.3 Å². The highest BCUT2D eigenvalue weighted by atomic mass is 32.2. The summed E-state index contributed by atoms with van der Waals surface area (Å²) >= 11 is 1.35. The lowest BCUT2D eigenvalue weighted by atomic mass is 9.98. The zero-order valence-electron chi connectivity index (χ0n) is 18.2. The summed E-state index contributed by atoms with van der Waals surface area (Å²) in [5.41, 5.74) is 0. The van der Waals surface area contributed by atoms with Crippen LogP contribution in [0.2, 0.25) is 0 Å². The van der Waals surface area contributed by atoms with Gasteiger partial charge < -0.3 is 9.42 Å². The molecule has 1 amide bonds. The second-order valence-corrected chi connectivity index (χ2v) is 11.5. The number of aryl methyl sites for hydroxylation is 2. The Labute approximate surface area is 187 Å². The minimum absolute atomic E-state index is 0.114. The fourth-order valence-corrected chi connectivity index (χ4v) is 7.39. The number of hydrogen-bond donors (Lipinski definition) is 0. The van der Waals surface area contributed by atoms with E-state index in [9.17, 15) is 13.2 Å². The average Bonchev–Trinajstić information content (AvgIpc) is 3.32. The van der Waals surface area contributed by atoms with Gasteiger partial charge in [-0.2, -0.15) is 9.29 Å². The smallest absolute Gasteiger partial charge is 0.244 e. The molecule has 2 saturated heterocycles. The molecule has 170 valence electrons. The maximum Gasteiger partial charge on any atom is 0.244 e. The van der Waals surface area contributed by atoms with Crippen molar-refractivity contribution >= 4 is 27.3 Å². The van der Waals surface area contributed by atoms with Crippen LogP contribution in [0, 0.1) is 12.8 Å². The van der Waals surface area contributed by atoms with Crippen LogP contribution in [0.5, 0.6) is 0 Å². The third-order valence-electron chi connectivity index (χ3n) is 6.13. The molecule has 0 spiro atoms. The van der Waals surface area contributed by atoms with Crippen LogP contribution in [0.15, 0.2) is 15.5 Å². The quantitative estimate of drug-likeness (QED) is 0.669. The number of carbonyl (C=O) groups is 1. The first-order chi connectivity index (χ1) is 14.9. The molecule has 2 aliphatic heterocycles. The van der Waals surface area contributed by atoms with Crippen molar-refractivity contribution in [2.45, 2.75) is 63.7 Å². The maximum absolute atomic E-state index is 13.5. The molecule has 0 aromatic carbocycles. The number of amides is 1. The fraction of sp³-hybridized carbons (Fsp3) is 0.667. The van der Waals surface area contributed by atoms with Gasteiger partial charge in [0.1, 0.15) is 0 Å². The molecule has 4 heterocycles. The van der Waals surface area contributed by atoms with Gasteiger partial charge in [0.2, 0.25) is 27.6 Å². The van der Waals surface area contributed by atoms with Crippen molar-refractivity contribution in [3.63, 3.8) is 0 Å². The first-order valence-electron chi connectivity index (χ1n) is 11.1. The zero-order chi connectivity index (χ0) is 22.0. The van der Waals surface area contributed by atoms with Crippen molar-refractivity contribution < 1.29 is 17.7 Å². The largest absolute Gasteiger partial charge is 0.342 e. The van der Waals surface area contributed by atoms with Gasteiger partial charge in [-0.1, -0.05) is 24.9 Å². The highest BCUT2D eigenvalue weighted by Gasteiger charge is 2.36. The summed E-state index contributed by atoms with van der Waals surface area (Å²) in [7, 11) is -3.70. The summed E-state index contributed by atoms with van der Waals surface area (Å²) in [6.45, 7) is 6.00. The minimum atomic E-state index is -3.70. The Balaban J connectivity index is 1.52. The molecule has 10 heteroatoms. The molecule has 0 N–H and O–H groups in total. The van der Waals surface area contributed by atoms with Gasteiger partial charge in [-0.15, -0.1) is 11.3 Å². The minimum Gasteiger partial charge on any atom is -0.342 e. The summed E-state index contributed by atoms with van der Waals surface area (Å²) in [6, 6.07) is 1.64. The number of piperidine rings is 1. The van der Waals surface area contributed by atoms with Crippen LogP contribution >= 0.6 is 11.3 Å². The Morgan fingerprint density at radius 1 is 1.19 bits per heavy atom. The highest BCUT2D eigenvalue weighted by Crippen LogP contribution is 2.35. The van der Waals surface area contributed by atoms with Crippen LogP contribution < -0.4 is 0 Å². The Kier molecular flexibility index (Phi) is 6.78. The number of carbonyl (C=O) groups excluding carboxylic acids is 1. The normalized spacial score (nSPS) is 21.2. The summed E-state index contributed by atoms with van der Waals surface area (Å²) in [4.78, 5) is 21.0. The molecule has 0 unspecified atom stereocenters. The number of likely N-dealkylation sites (tertiary alicyclic amines) is 1. The third kappa shape index (κ3) is 4.70. The van der Waals surface area contributed by atoms with Crippen LogP contribution in [0.1, 0.15) is 56.2 Å². The van der Waals surface area contributed by atoms with Crippen LogP contribution in [-0.4, -0.2) is 59.8 Å². The number of sulfonamides is 1. The van der Waals surface area contributed by atoms with Gasteiger partial charge in [0.25, 0.3) is 0 Å². The zero-order valence-corrected chi connectivity index (χ0v) is 19.8. The first-order valence-corrected chi connectivity index (χ1v) is 13.4. The lowest BCUT2D eigenvalue weighted by Gasteiger charge is -2.34. The van der Waals surface area contributed by atoms with Gasteiger partial charge in [0, 0.05) is 37.5 Å². The van der Waals surface area contributed by atoms with E-state index in [0.717, 1.165) is 45.2 Å². The number of hydrogen-bond acceptors (Lipinski definition) is 7. The molecule has 31 heavy (non-hydrogen) atoms. The van der Waals surface area contributed by atoms with E-state index < -0.39 is 10.0 Å². The second-order valence-electron chi connectivity index (χ2n) is 8.34. The molecule has 1 atom stereocenters. The number of nitrogens with zero attached hydrogens (tertiary/aromatic N) is 4. The molecule has 8 nitrogen and oxygen atoms in total. The van der Waals surface area contributed by atoms with E-state index in [1.165, 1.54) is 15.6 Å². The summed E-state index contributed by atoms with van der Waals surface area (Å²) in [5, 5.41) is 3.97. The molecule has 4 rings (SSSR count). The standard InChI is InChI=1S/C21H30N4O4S2/c1-3-19-22-20(23-29-19)17-13-18(15(2)30-17)31(27,28)25-12-8-9-16(14-25)21(26)24-10-6-4-5-7-11-24/h13,16H,3-12,14H2,1-2H3/t16-/m0/s1. The van der Waals surface area contributed by atoms with Gasteiger partial charge in [-0.25, -0.2) is 8.42 Å². The Hall–Kier alpha value is -1.78. The molecule has 2 fully saturated rings. The van der Waals surface area contributed by atoms with E-state index in [4.69, 9.17) is 4.52 Å². The molecule has 2 aliphatic rings. The lowest BCUT2D eigenvalue weighted by Crippen LogP contribution is -2.47. The highest BCUT2D eigenvalue weighted by molar-refractivity contribution is 7.89. The van der Waals surface area contributed by atoms with E-state index in [-0.39, 0.29) is 23.3 Å². The number of rotatable bonds is 5. The second kappa shape index (κ2) is 9.38. The Morgan fingerprint density at radius 3 is 2.61 bits per heavy atom. The number of aromatic nitrogens is 2. The van der Waals surface area contributed by atoms with Crippen LogP contribution in [0.3, 0.4) is 0 Å². The summed E-state index contributed by atoms with van der Waals surface area (Å²) in [5.74, 6) is 0.795. The van der Waals surface area contributed by atoms with Crippen LogP contribution in [0.25, 0.3) is 10.7 Å². The SMILES string of the molecule is CCc1nc(-c2cc(S(=O)(=O)N3CCC[C@H](C(=O)N4CCCCCC4)C3)c(C)s2)no1. The van der Waals surface area contributed by atoms with Crippen LogP contribution in [-0.2, 0) is 21.2 Å². The summed E-state index contributed by atoms with van der Waals surface area (Å²) < 4.78 is 33.6. The van der Waals surface area contributed by atoms with Gasteiger partial charge in [-0.05, 0) is 38.7 Å². The molecule has 2 aromatic heterocycles. The van der Waals surface area contributed by atoms with E-state index in [0.29, 0.717) is 40.9 Å². The van der Waals surface area contributed by atoms with Crippen molar-refractivity contribution in [3.8, 4) is 10.7 Å². The first kappa shape index (κ1) is 22.4. The summed E-state index contributed by atoms with van der Waals surface area (Å²) in [6.07, 6.45) is 6.47. The van der Waals surface area contributed by atoms with Gasteiger partial charge in [0.05, 0.1) is 15.7 Å². The monoisotopic (exact) mass is 466 g/mol. The average molecular weight is 467 g/mol. The maximum atomic E-state index is 13.5. The molecular formula is C21H30N4O4S2. The molecule has 0 bridgehead atoms. The Bertz CT molecular complexity index is 1020. The predicted molar refractivity (Wildman–Crippen MR) is 118 cm³/mol. The molecule has 0 aliphatic carbocycles. The van der Waals surface area contributed by atoms with E-state index in [1.54, 1.807) is 13.0 Å². The Morgan fingerprint density at radius 2 is 1.94 bits per heavy atom. The molecule has 0 saturated carbocycles. The number of thiophene rings is 1. The van der Waals surface area contributed by atoms with E-state index in [1.807, 2.05) is 11.8 Å². The third-order valence-corrected chi connectivity index (χ3v) is 9.30. The van der Waals surface area contributed by atoms with Crippen molar-refractivity contribution in [1.29, 1.82) is 0 Å². The van der Waals surface area contributed by atoms with Gasteiger partial charge in [0.15, 0.2) is 0 Å². The van der Waals surface area contributed by atoms with Crippen molar-refractivity contribution in [3.05, 3.63) is 16.8 Å². The van der Waals surface area contributed by atoms with E-state index in [2.05, 4.69) is 10.1 Å². The van der Waals surface area contributed by atoms with Crippen molar-refractivity contribution in [2.75, 3.05) is 26.2 Å². The molecular weight excluding hydrogens is 436 g/mol. The van der Waals surface area contributed by atoms with Gasteiger partial charge in [-0.3, -0.25) is 4.79 Å². The molecule has 0 radical (unpaired) electrons. The van der Waals surface area contributed by atoms with Crippen molar-refractivity contribution in [2.24, 2.45) is 5.92 Å². The predicted octanol–water partition coefficient (Wildman–Crippen LogP) is 3.47. The molecule has 2 aromatic rings. The van der Waals surface area contributed by atoms with Crippen LogP contribution in [0.4, 0.5) is 0 Å². The topological polar surface area (TPSA) is 96.6 Å². The van der Waals surface area contributed by atoms with Gasteiger partial charge >= 0.3 is 0 Å². The van der Waals surface area contributed by atoms with E-state index >= 15 is 0 Å². The lowest BCUT2D eigenvalue weighted by molar-refractivity contribution is -0.136. The fourth-order valence-electron chi connectivity index (χ4n) is 4.38.